The molecule has 0 unspecified atom stereocenters. The number of nitrogens with one attached hydrogen (secondary N) is 2. The molecule has 34 heavy (non-hydrogen) atoms. The topological polar surface area (TPSA) is 53.6 Å². The van der Waals surface area contributed by atoms with E-state index in [1.165, 1.54) is 17.0 Å². The van der Waals surface area contributed by atoms with Crippen LogP contribution < -0.4 is 20.3 Å². The zero-order valence-electron chi connectivity index (χ0n) is 18.0. The standard InChI is InChI=1S/C25H21Cl3FN3O2/c26-20-2-1-3-21(27)24(20)32-23-12-16(34-15-6-8-30-9-7-15)11-18(19(23)13-31-25(32)33)17-5-4-14(29)10-22(17)28/h1-5,10-12,15,30H,6-9,13H2,(H,31,33). The Balaban J connectivity index is 1.71. The Labute approximate surface area is 211 Å². The molecule has 0 atom stereocenters. The Kier molecular flexibility index (Phi) is 6.58. The van der Waals surface area contributed by atoms with Gasteiger partial charge in [0.15, 0.2) is 0 Å². The summed E-state index contributed by atoms with van der Waals surface area (Å²) in [6.45, 7) is 2.00. The Hall–Kier alpha value is -2.51. The van der Waals surface area contributed by atoms with E-state index in [2.05, 4.69) is 10.6 Å². The maximum Gasteiger partial charge on any atom is 0.326 e. The minimum absolute atomic E-state index is 0.0330. The van der Waals surface area contributed by atoms with Gasteiger partial charge in [0.2, 0.25) is 0 Å². The number of hydrogen-bond donors (Lipinski definition) is 2. The normalized spacial score (nSPS) is 16.2. The lowest BCUT2D eigenvalue weighted by Gasteiger charge is -2.33. The number of benzene rings is 3. The highest BCUT2D eigenvalue weighted by atomic mass is 35.5. The SMILES string of the molecule is O=C1NCc2c(-c3ccc(F)cc3Cl)cc(OC3CCNCC3)cc2N1c1c(Cl)cccc1Cl. The van der Waals surface area contributed by atoms with Crippen molar-refractivity contribution in [3.05, 3.63) is 75.0 Å². The van der Waals surface area contributed by atoms with Gasteiger partial charge in [0.05, 0.1) is 26.4 Å². The van der Waals surface area contributed by atoms with E-state index in [0.29, 0.717) is 32.7 Å². The van der Waals surface area contributed by atoms with Crippen molar-refractivity contribution >= 4 is 52.2 Å². The maximum atomic E-state index is 13.8. The average Bonchev–Trinajstić information content (AvgIpc) is 2.80. The number of para-hydroxylation sites is 1. The van der Waals surface area contributed by atoms with Crippen molar-refractivity contribution in [2.45, 2.75) is 25.5 Å². The van der Waals surface area contributed by atoms with Gasteiger partial charge in [0.25, 0.3) is 0 Å². The fourth-order valence-corrected chi connectivity index (χ4v) is 5.25. The zero-order chi connectivity index (χ0) is 23.8. The van der Waals surface area contributed by atoms with Gasteiger partial charge in [-0.25, -0.2) is 9.18 Å². The molecule has 5 nitrogen and oxygen atoms in total. The summed E-state index contributed by atoms with van der Waals surface area (Å²) in [7, 11) is 0. The Morgan fingerprint density at radius 3 is 2.38 bits per heavy atom. The summed E-state index contributed by atoms with van der Waals surface area (Å²) < 4.78 is 20.2. The average molecular weight is 521 g/mol. The summed E-state index contributed by atoms with van der Waals surface area (Å²) in [6.07, 6.45) is 1.76. The molecule has 0 radical (unpaired) electrons. The number of halogens is 4. The van der Waals surface area contributed by atoms with Crippen LogP contribution in [0.5, 0.6) is 5.75 Å². The smallest absolute Gasteiger partial charge is 0.326 e. The van der Waals surface area contributed by atoms with Crippen LogP contribution in [-0.2, 0) is 6.54 Å². The summed E-state index contributed by atoms with van der Waals surface area (Å²) in [6, 6.07) is 12.7. The van der Waals surface area contributed by atoms with Crippen LogP contribution in [0, 0.1) is 5.82 Å². The first-order valence-electron chi connectivity index (χ1n) is 10.9. The summed E-state index contributed by atoms with van der Waals surface area (Å²) in [5.41, 5.74) is 3.12. The molecule has 2 heterocycles. The van der Waals surface area contributed by atoms with Crippen molar-refractivity contribution < 1.29 is 13.9 Å². The number of rotatable bonds is 4. The molecular formula is C25H21Cl3FN3O2. The van der Waals surface area contributed by atoms with Gasteiger partial charge < -0.3 is 15.4 Å². The molecule has 176 valence electrons. The van der Waals surface area contributed by atoms with Crippen LogP contribution in [0.2, 0.25) is 15.1 Å². The van der Waals surface area contributed by atoms with Crippen molar-refractivity contribution in [2.24, 2.45) is 0 Å². The second-order valence-electron chi connectivity index (χ2n) is 8.22. The van der Waals surface area contributed by atoms with E-state index in [1.54, 1.807) is 24.3 Å². The lowest BCUT2D eigenvalue weighted by molar-refractivity contribution is 0.162. The van der Waals surface area contributed by atoms with Gasteiger partial charge in [-0.3, -0.25) is 4.90 Å². The van der Waals surface area contributed by atoms with Crippen molar-refractivity contribution in [3.63, 3.8) is 0 Å². The zero-order valence-corrected chi connectivity index (χ0v) is 20.3. The molecule has 0 bridgehead atoms. The fourth-order valence-electron chi connectivity index (χ4n) is 4.42. The first-order valence-corrected chi connectivity index (χ1v) is 12.1. The highest BCUT2D eigenvalue weighted by molar-refractivity contribution is 6.40. The van der Waals surface area contributed by atoms with Gasteiger partial charge in [0.1, 0.15) is 17.7 Å². The molecule has 0 aromatic heterocycles. The number of ether oxygens (including phenoxy) is 1. The van der Waals surface area contributed by atoms with Crippen LogP contribution >= 0.6 is 34.8 Å². The van der Waals surface area contributed by atoms with E-state index >= 15 is 0 Å². The van der Waals surface area contributed by atoms with Crippen LogP contribution in [0.4, 0.5) is 20.6 Å². The monoisotopic (exact) mass is 519 g/mol. The second-order valence-corrected chi connectivity index (χ2v) is 9.45. The molecule has 2 N–H and O–H groups in total. The molecule has 2 aliphatic rings. The number of nitrogens with zero attached hydrogens (tertiary/aromatic N) is 1. The number of urea groups is 1. The molecule has 3 aromatic carbocycles. The molecule has 2 amide bonds. The Morgan fingerprint density at radius 1 is 0.941 bits per heavy atom. The van der Waals surface area contributed by atoms with Crippen molar-refractivity contribution in [2.75, 3.05) is 18.0 Å². The van der Waals surface area contributed by atoms with Crippen LogP contribution in [0.3, 0.4) is 0 Å². The molecule has 3 aromatic rings. The van der Waals surface area contributed by atoms with Crippen LogP contribution in [0.25, 0.3) is 11.1 Å². The second kappa shape index (κ2) is 9.62. The molecule has 5 rings (SSSR count). The fraction of sp³-hybridized carbons (Fsp3) is 0.240. The molecule has 2 aliphatic heterocycles. The maximum absolute atomic E-state index is 13.8. The number of carbonyl (C=O) groups is 1. The quantitative estimate of drug-likeness (QED) is 0.392. The molecule has 0 aliphatic carbocycles. The van der Waals surface area contributed by atoms with Crippen LogP contribution in [0.15, 0.2) is 48.5 Å². The molecule has 0 spiro atoms. The van der Waals surface area contributed by atoms with Gasteiger partial charge in [-0.05, 0) is 67.9 Å². The summed E-state index contributed by atoms with van der Waals surface area (Å²) >= 11 is 19.4. The predicted molar refractivity (Wildman–Crippen MR) is 134 cm³/mol. The number of anilines is 2. The lowest BCUT2D eigenvalue weighted by atomic mass is 9.95. The van der Waals surface area contributed by atoms with Gasteiger partial charge in [-0.1, -0.05) is 40.9 Å². The largest absolute Gasteiger partial charge is 0.490 e. The Bertz CT molecular complexity index is 1240. The first kappa shape index (κ1) is 23.2. The number of amides is 2. The van der Waals surface area contributed by atoms with Crippen molar-refractivity contribution in [3.8, 4) is 16.9 Å². The molecular weight excluding hydrogens is 500 g/mol. The summed E-state index contributed by atoms with van der Waals surface area (Å²) in [4.78, 5) is 14.6. The molecule has 9 heteroatoms. The van der Waals surface area contributed by atoms with E-state index in [1.807, 2.05) is 12.1 Å². The third-order valence-corrected chi connectivity index (χ3v) is 6.95. The van der Waals surface area contributed by atoms with E-state index < -0.39 is 5.82 Å². The lowest BCUT2D eigenvalue weighted by Crippen LogP contribution is -2.41. The summed E-state index contributed by atoms with van der Waals surface area (Å²) in [5, 5.41) is 7.14. The van der Waals surface area contributed by atoms with Gasteiger partial charge in [0, 0.05) is 23.7 Å². The predicted octanol–water partition coefficient (Wildman–Crippen LogP) is 6.95. The number of hydrogen-bond acceptors (Lipinski definition) is 3. The van der Waals surface area contributed by atoms with Gasteiger partial charge in [-0.2, -0.15) is 0 Å². The van der Waals surface area contributed by atoms with Gasteiger partial charge >= 0.3 is 6.03 Å². The highest BCUT2D eigenvalue weighted by Gasteiger charge is 2.32. The molecule has 1 fully saturated rings. The minimum Gasteiger partial charge on any atom is -0.490 e. The van der Waals surface area contributed by atoms with E-state index in [4.69, 9.17) is 39.5 Å². The van der Waals surface area contributed by atoms with E-state index in [0.717, 1.165) is 37.1 Å². The molecule has 0 saturated carbocycles. The van der Waals surface area contributed by atoms with Crippen LogP contribution in [-0.4, -0.2) is 25.2 Å². The van der Waals surface area contributed by atoms with Crippen LogP contribution in [0.1, 0.15) is 18.4 Å². The van der Waals surface area contributed by atoms with Crippen molar-refractivity contribution in [1.82, 2.24) is 10.6 Å². The third kappa shape index (κ3) is 4.43. The van der Waals surface area contributed by atoms with E-state index in [9.17, 15) is 9.18 Å². The third-order valence-electron chi connectivity index (χ3n) is 6.03. The molecule has 1 saturated heterocycles. The van der Waals surface area contributed by atoms with E-state index in [-0.39, 0.29) is 23.7 Å². The highest BCUT2D eigenvalue weighted by Crippen LogP contribution is 2.46. The number of fused-ring (bicyclic) bond motifs is 1. The number of carbonyl (C=O) groups excluding carboxylic acids is 1. The first-order chi connectivity index (χ1) is 16.4. The summed E-state index contributed by atoms with van der Waals surface area (Å²) in [5.74, 6) is 0.159. The van der Waals surface area contributed by atoms with Gasteiger partial charge in [-0.15, -0.1) is 0 Å². The number of piperidine rings is 1. The Morgan fingerprint density at radius 2 is 1.68 bits per heavy atom. The minimum atomic E-state index is -0.428. The van der Waals surface area contributed by atoms with Crippen molar-refractivity contribution in [1.29, 1.82) is 0 Å².